The molecular formula is C20H31N5O6. The van der Waals surface area contributed by atoms with Gasteiger partial charge in [-0.1, -0.05) is 0 Å². The van der Waals surface area contributed by atoms with Crippen LogP contribution in [-0.4, -0.2) is 65.6 Å². The molecule has 9 N–H and O–H groups in total. The standard InChI is InChI=1S/C20H31N5O6/c1-11-6-13(26)7-12(2)14(11)8-16(24-17(27)9-22)20(31)25-15(4-3-5-21)19(30)23-10-18(28)29/h6-7,15-16,26H,3-5,8-10,21-22H2,1-2H3,(H,23,30)(H,24,27)(H,25,31)(H,28,29)/t15?,16-/m0/s1. The molecule has 11 heteroatoms. The van der Waals surface area contributed by atoms with Crippen LogP contribution in [0.3, 0.4) is 0 Å². The molecule has 0 bridgehead atoms. The Balaban J connectivity index is 3.07. The van der Waals surface area contributed by atoms with Crippen LogP contribution in [0.1, 0.15) is 29.5 Å². The number of carbonyl (C=O) groups is 4. The number of carboxylic acid groups (broad SMARTS) is 1. The Hall–Kier alpha value is -3.18. The highest BCUT2D eigenvalue weighted by molar-refractivity contribution is 5.93. The lowest BCUT2D eigenvalue weighted by atomic mass is 9.95. The molecule has 172 valence electrons. The van der Waals surface area contributed by atoms with E-state index in [0.717, 1.165) is 16.7 Å². The van der Waals surface area contributed by atoms with Crippen molar-refractivity contribution in [1.82, 2.24) is 16.0 Å². The number of benzene rings is 1. The van der Waals surface area contributed by atoms with Crippen molar-refractivity contribution in [2.24, 2.45) is 11.5 Å². The Labute approximate surface area is 180 Å². The molecular weight excluding hydrogens is 406 g/mol. The van der Waals surface area contributed by atoms with Crippen molar-refractivity contribution >= 4 is 23.7 Å². The van der Waals surface area contributed by atoms with Crippen LogP contribution in [0.5, 0.6) is 5.75 Å². The average molecular weight is 437 g/mol. The van der Waals surface area contributed by atoms with Crippen molar-refractivity contribution in [1.29, 1.82) is 0 Å². The molecule has 1 unspecified atom stereocenters. The van der Waals surface area contributed by atoms with Gasteiger partial charge in [0.05, 0.1) is 6.54 Å². The van der Waals surface area contributed by atoms with Crippen LogP contribution in [0.15, 0.2) is 12.1 Å². The average Bonchev–Trinajstić information content (AvgIpc) is 2.70. The maximum absolute atomic E-state index is 13.0. The van der Waals surface area contributed by atoms with Crippen LogP contribution in [-0.2, 0) is 25.6 Å². The first-order chi connectivity index (χ1) is 14.6. The van der Waals surface area contributed by atoms with E-state index in [9.17, 15) is 24.3 Å². The van der Waals surface area contributed by atoms with E-state index in [0.29, 0.717) is 6.42 Å². The molecule has 11 nitrogen and oxygen atoms in total. The summed E-state index contributed by atoms with van der Waals surface area (Å²) in [5, 5.41) is 25.8. The van der Waals surface area contributed by atoms with Gasteiger partial charge in [0.1, 0.15) is 24.4 Å². The minimum absolute atomic E-state index is 0.0858. The summed E-state index contributed by atoms with van der Waals surface area (Å²) in [6, 6.07) is 1.04. The van der Waals surface area contributed by atoms with Gasteiger partial charge in [-0.2, -0.15) is 0 Å². The number of aryl methyl sites for hydroxylation is 2. The van der Waals surface area contributed by atoms with E-state index in [1.54, 1.807) is 26.0 Å². The number of rotatable bonds is 12. The SMILES string of the molecule is Cc1cc(O)cc(C)c1C[C@H](NC(=O)CN)C(=O)NC(CCCN)C(=O)NCC(=O)O. The summed E-state index contributed by atoms with van der Waals surface area (Å²) in [5.41, 5.74) is 13.1. The predicted molar refractivity (Wildman–Crippen MR) is 113 cm³/mol. The van der Waals surface area contributed by atoms with Crippen LogP contribution >= 0.6 is 0 Å². The first kappa shape index (κ1) is 25.9. The maximum Gasteiger partial charge on any atom is 0.322 e. The molecule has 0 spiro atoms. The van der Waals surface area contributed by atoms with Crippen molar-refractivity contribution in [2.75, 3.05) is 19.6 Å². The van der Waals surface area contributed by atoms with E-state index >= 15 is 0 Å². The smallest absolute Gasteiger partial charge is 0.322 e. The number of hydrogen-bond donors (Lipinski definition) is 7. The lowest BCUT2D eigenvalue weighted by molar-refractivity contribution is -0.138. The van der Waals surface area contributed by atoms with Crippen molar-refractivity contribution in [2.45, 2.75) is 45.2 Å². The molecule has 0 saturated carbocycles. The van der Waals surface area contributed by atoms with Gasteiger partial charge in [0.15, 0.2) is 0 Å². The lowest BCUT2D eigenvalue weighted by Gasteiger charge is -2.24. The molecule has 0 aliphatic rings. The third-order valence-corrected chi connectivity index (χ3v) is 4.67. The van der Waals surface area contributed by atoms with Gasteiger partial charge in [0.25, 0.3) is 0 Å². The second-order valence-corrected chi connectivity index (χ2v) is 7.19. The quantitative estimate of drug-likeness (QED) is 0.203. The topological polar surface area (TPSA) is 197 Å². The van der Waals surface area contributed by atoms with Crippen molar-refractivity contribution in [3.8, 4) is 5.75 Å². The zero-order chi connectivity index (χ0) is 23.6. The summed E-state index contributed by atoms with van der Waals surface area (Å²) in [6.07, 6.45) is 0.722. The number of nitrogens with two attached hydrogens (primary N) is 2. The molecule has 1 rings (SSSR count). The van der Waals surface area contributed by atoms with E-state index in [-0.39, 0.29) is 31.7 Å². The first-order valence-corrected chi connectivity index (χ1v) is 9.87. The minimum Gasteiger partial charge on any atom is -0.508 e. The zero-order valence-electron chi connectivity index (χ0n) is 17.7. The molecule has 2 atom stereocenters. The molecule has 0 saturated heterocycles. The van der Waals surface area contributed by atoms with Gasteiger partial charge >= 0.3 is 5.97 Å². The maximum atomic E-state index is 13.0. The molecule has 0 radical (unpaired) electrons. The second kappa shape index (κ2) is 12.5. The molecule has 31 heavy (non-hydrogen) atoms. The number of aromatic hydroxyl groups is 1. The summed E-state index contributed by atoms with van der Waals surface area (Å²) in [7, 11) is 0. The number of carboxylic acids is 1. The fourth-order valence-corrected chi connectivity index (χ4v) is 3.11. The van der Waals surface area contributed by atoms with Crippen LogP contribution in [0.2, 0.25) is 0 Å². The Kier molecular flexibility index (Phi) is 10.4. The number of carbonyl (C=O) groups excluding carboxylic acids is 3. The zero-order valence-corrected chi connectivity index (χ0v) is 17.7. The normalized spacial score (nSPS) is 12.5. The van der Waals surface area contributed by atoms with Crippen LogP contribution in [0.25, 0.3) is 0 Å². The second-order valence-electron chi connectivity index (χ2n) is 7.19. The molecule has 1 aromatic rings. The number of phenols is 1. The van der Waals surface area contributed by atoms with E-state index in [2.05, 4.69) is 16.0 Å². The number of phenolic OH excluding ortho intramolecular Hbond substituents is 1. The summed E-state index contributed by atoms with van der Waals surface area (Å²) in [4.78, 5) is 47.9. The summed E-state index contributed by atoms with van der Waals surface area (Å²) >= 11 is 0. The van der Waals surface area contributed by atoms with Crippen molar-refractivity contribution in [3.05, 3.63) is 28.8 Å². The molecule has 0 fully saturated rings. The highest BCUT2D eigenvalue weighted by atomic mass is 16.4. The van der Waals surface area contributed by atoms with Crippen LogP contribution in [0.4, 0.5) is 0 Å². The highest BCUT2D eigenvalue weighted by Gasteiger charge is 2.27. The number of amides is 3. The third-order valence-electron chi connectivity index (χ3n) is 4.67. The fourth-order valence-electron chi connectivity index (χ4n) is 3.11. The molecule has 0 aromatic heterocycles. The van der Waals surface area contributed by atoms with Gasteiger partial charge in [-0.25, -0.2) is 0 Å². The monoisotopic (exact) mass is 437 g/mol. The summed E-state index contributed by atoms with van der Waals surface area (Å²) < 4.78 is 0. The predicted octanol–water partition coefficient (Wildman–Crippen LogP) is -1.58. The fraction of sp³-hybridized carbons (Fsp3) is 0.500. The molecule has 0 heterocycles. The number of aliphatic carboxylic acids is 1. The first-order valence-electron chi connectivity index (χ1n) is 9.87. The van der Waals surface area contributed by atoms with Gasteiger partial charge in [0.2, 0.25) is 17.7 Å². The summed E-state index contributed by atoms with van der Waals surface area (Å²) in [6.45, 7) is 2.90. The van der Waals surface area contributed by atoms with Crippen LogP contribution in [0, 0.1) is 13.8 Å². The van der Waals surface area contributed by atoms with Gasteiger partial charge in [-0.05, 0) is 62.1 Å². The minimum atomic E-state index is -1.22. The van der Waals surface area contributed by atoms with Crippen molar-refractivity contribution < 1.29 is 29.4 Å². The van der Waals surface area contributed by atoms with Gasteiger partial charge in [0, 0.05) is 6.42 Å². The Morgan fingerprint density at radius 2 is 1.61 bits per heavy atom. The van der Waals surface area contributed by atoms with E-state index < -0.39 is 42.3 Å². The van der Waals surface area contributed by atoms with E-state index in [1.807, 2.05) is 0 Å². The Morgan fingerprint density at radius 3 is 2.13 bits per heavy atom. The summed E-state index contributed by atoms with van der Waals surface area (Å²) in [5.74, 6) is -2.97. The van der Waals surface area contributed by atoms with Crippen molar-refractivity contribution in [3.63, 3.8) is 0 Å². The molecule has 1 aromatic carbocycles. The van der Waals surface area contributed by atoms with Crippen LogP contribution < -0.4 is 27.4 Å². The number of nitrogens with one attached hydrogen (secondary N) is 3. The molecule has 0 aliphatic carbocycles. The third kappa shape index (κ3) is 8.60. The highest BCUT2D eigenvalue weighted by Crippen LogP contribution is 2.22. The van der Waals surface area contributed by atoms with Gasteiger partial charge < -0.3 is 37.6 Å². The molecule has 3 amide bonds. The van der Waals surface area contributed by atoms with E-state index in [1.165, 1.54) is 0 Å². The lowest BCUT2D eigenvalue weighted by Crippen LogP contribution is -2.55. The number of hydrogen-bond acceptors (Lipinski definition) is 7. The Morgan fingerprint density at radius 1 is 1.00 bits per heavy atom. The largest absolute Gasteiger partial charge is 0.508 e. The Bertz CT molecular complexity index is 790. The van der Waals surface area contributed by atoms with E-state index in [4.69, 9.17) is 16.6 Å². The van der Waals surface area contributed by atoms with Gasteiger partial charge in [-0.15, -0.1) is 0 Å². The molecule has 0 aliphatic heterocycles. The van der Waals surface area contributed by atoms with Gasteiger partial charge in [-0.3, -0.25) is 19.2 Å².